The van der Waals surface area contributed by atoms with E-state index in [1.165, 1.54) is 19.3 Å². The average Bonchev–Trinajstić information content (AvgIpc) is 2.80. The Morgan fingerprint density at radius 3 is 2.61 bits per heavy atom. The number of hydrogen-bond donors (Lipinski definition) is 2. The van der Waals surface area contributed by atoms with E-state index >= 15 is 0 Å². The van der Waals surface area contributed by atoms with Crippen LogP contribution >= 0.6 is 0 Å². The highest BCUT2D eigenvalue weighted by atomic mass is 16.3. The zero-order valence-corrected chi connectivity index (χ0v) is 14.5. The highest BCUT2D eigenvalue weighted by Crippen LogP contribution is 2.67. The monoisotopic (exact) mass is 314 g/mol. The van der Waals surface area contributed by atoms with Gasteiger partial charge in [-0.3, -0.25) is 0 Å². The third-order valence-electron chi connectivity index (χ3n) is 8.69. The summed E-state index contributed by atoms with van der Waals surface area (Å²) in [5, 5.41) is 21.0. The maximum Gasteiger partial charge on any atom is 0.130 e. The molecule has 4 rings (SSSR count). The Morgan fingerprint density at radius 1 is 1.13 bits per heavy atom. The summed E-state index contributed by atoms with van der Waals surface area (Å²) in [5.41, 5.74) is -0.669. The van der Waals surface area contributed by atoms with Gasteiger partial charge in [0.1, 0.15) is 5.60 Å². The molecule has 3 saturated carbocycles. The summed E-state index contributed by atoms with van der Waals surface area (Å²) in [7, 11) is 0. The molecule has 0 heterocycles. The van der Waals surface area contributed by atoms with E-state index in [0.717, 1.165) is 38.0 Å². The Bertz CT molecular complexity index is 587. The van der Waals surface area contributed by atoms with E-state index in [2.05, 4.69) is 25.8 Å². The molecular weight excluding hydrogens is 284 g/mol. The van der Waals surface area contributed by atoms with Gasteiger partial charge >= 0.3 is 0 Å². The smallest absolute Gasteiger partial charge is 0.130 e. The topological polar surface area (TPSA) is 40.5 Å². The normalized spacial score (nSPS) is 55.1. The molecule has 0 radical (unpaired) electrons. The predicted octanol–water partition coefficient (Wildman–Crippen LogP) is 4.45. The largest absolute Gasteiger partial charge is 0.513 e. The van der Waals surface area contributed by atoms with Crippen molar-refractivity contribution in [2.24, 2.45) is 34.5 Å². The molecule has 3 fully saturated rings. The number of aliphatic hydroxyl groups excluding tert-OH is 1. The van der Waals surface area contributed by atoms with E-state index in [-0.39, 0.29) is 5.41 Å². The molecule has 0 saturated heterocycles. The second-order valence-electron chi connectivity index (χ2n) is 9.26. The first-order valence-electron chi connectivity index (χ1n) is 9.42. The second-order valence-corrected chi connectivity index (χ2v) is 9.26. The lowest BCUT2D eigenvalue weighted by atomic mass is 9.45. The molecule has 7 atom stereocenters. The van der Waals surface area contributed by atoms with Gasteiger partial charge in [0, 0.05) is 11.8 Å². The minimum Gasteiger partial charge on any atom is -0.513 e. The third kappa shape index (κ3) is 1.86. The molecule has 0 aromatic carbocycles. The van der Waals surface area contributed by atoms with Gasteiger partial charge in [0.25, 0.3) is 0 Å². The van der Waals surface area contributed by atoms with Crippen LogP contribution in [-0.4, -0.2) is 15.8 Å². The molecule has 0 aromatic rings. The van der Waals surface area contributed by atoms with Gasteiger partial charge in [-0.05, 0) is 80.1 Å². The van der Waals surface area contributed by atoms with Crippen LogP contribution in [0.25, 0.3) is 0 Å². The van der Waals surface area contributed by atoms with Crippen molar-refractivity contribution < 1.29 is 10.2 Å². The molecule has 2 N–H and O–H groups in total. The Kier molecular flexibility index (Phi) is 3.24. The molecule has 2 heteroatoms. The fourth-order valence-corrected chi connectivity index (χ4v) is 7.11. The van der Waals surface area contributed by atoms with Gasteiger partial charge in [-0.1, -0.05) is 19.8 Å². The minimum atomic E-state index is -0.898. The van der Waals surface area contributed by atoms with Crippen molar-refractivity contribution in [1.29, 1.82) is 0 Å². The quantitative estimate of drug-likeness (QED) is 0.649. The van der Waals surface area contributed by atoms with Crippen LogP contribution < -0.4 is 0 Å². The van der Waals surface area contributed by atoms with Gasteiger partial charge in [-0.25, -0.2) is 0 Å². The molecule has 0 bridgehead atoms. The van der Waals surface area contributed by atoms with Crippen LogP contribution in [-0.2, 0) is 0 Å². The summed E-state index contributed by atoms with van der Waals surface area (Å²) in [6, 6.07) is 0. The zero-order chi connectivity index (χ0) is 16.5. The van der Waals surface area contributed by atoms with Crippen molar-refractivity contribution >= 4 is 0 Å². The Balaban J connectivity index is 1.67. The standard InChI is InChI=1S/C21H30O2/c1-4-21(23)12-9-18-16-6-5-14-13-15(22)7-10-19(14,2)17(16)8-11-20(18,21)3/h1,7,14,16-18,22-23H,5-6,8-13H2,2-3H3/t14?,16-,17+,18+,19+,20+,21+/m1/s1. The van der Waals surface area contributed by atoms with Gasteiger partial charge in [-0.2, -0.15) is 0 Å². The van der Waals surface area contributed by atoms with Crippen LogP contribution in [0.1, 0.15) is 65.2 Å². The highest BCUT2D eigenvalue weighted by molar-refractivity contribution is 5.24. The minimum absolute atomic E-state index is 0.0985. The Morgan fingerprint density at radius 2 is 1.87 bits per heavy atom. The molecule has 0 aromatic heterocycles. The van der Waals surface area contributed by atoms with Crippen LogP contribution in [0, 0.1) is 46.8 Å². The highest BCUT2D eigenvalue weighted by Gasteiger charge is 2.64. The molecule has 1 unspecified atom stereocenters. The molecular formula is C21H30O2. The van der Waals surface area contributed by atoms with Crippen LogP contribution in [0.5, 0.6) is 0 Å². The maximum atomic E-state index is 11.0. The summed E-state index contributed by atoms with van der Waals surface area (Å²) >= 11 is 0. The number of hydrogen-bond acceptors (Lipinski definition) is 2. The molecule has 126 valence electrons. The Labute approximate surface area is 140 Å². The fraction of sp³-hybridized carbons (Fsp3) is 0.810. The number of aliphatic hydroxyl groups is 2. The molecule has 0 aliphatic heterocycles. The number of allylic oxidation sites excluding steroid dienone is 2. The van der Waals surface area contributed by atoms with E-state index in [9.17, 15) is 10.2 Å². The fourth-order valence-electron chi connectivity index (χ4n) is 7.11. The van der Waals surface area contributed by atoms with Crippen molar-refractivity contribution in [2.75, 3.05) is 0 Å². The van der Waals surface area contributed by atoms with Gasteiger partial charge in [0.2, 0.25) is 0 Å². The van der Waals surface area contributed by atoms with Gasteiger partial charge in [0.15, 0.2) is 0 Å². The summed E-state index contributed by atoms with van der Waals surface area (Å²) < 4.78 is 0. The predicted molar refractivity (Wildman–Crippen MR) is 91.6 cm³/mol. The molecule has 23 heavy (non-hydrogen) atoms. The van der Waals surface area contributed by atoms with E-state index in [1.54, 1.807) is 0 Å². The number of terminal acetylenes is 1. The van der Waals surface area contributed by atoms with Crippen LogP contribution in [0.3, 0.4) is 0 Å². The van der Waals surface area contributed by atoms with E-state index < -0.39 is 5.60 Å². The molecule has 2 nitrogen and oxygen atoms in total. The zero-order valence-electron chi connectivity index (χ0n) is 14.5. The van der Waals surface area contributed by atoms with Crippen molar-refractivity contribution in [3.63, 3.8) is 0 Å². The van der Waals surface area contributed by atoms with Crippen molar-refractivity contribution in [2.45, 2.75) is 70.8 Å². The molecule has 0 amide bonds. The lowest BCUT2D eigenvalue weighted by Gasteiger charge is -2.60. The molecule has 4 aliphatic rings. The maximum absolute atomic E-state index is 11.0. The van der Waals surface area contributed by atoms with Crippen LogP contribution in [0.4, 0.5) is 0 Å². The van der Waals surface area contributed by atoms with Crippen molar-refractivity contribution in [3.8, 4) is 12.3 Å². The first-order valence-corrected chi connectivity index (χ1v) is 9.42. The van der Waals surface area contributed by atoms with Crippen LogP contribution in [0.15, 0.2) is 11.8 Å². The number of rotatable bonds is 0. The lowest BCUT2D eigenvalue weighted by Crippen LogP contribution is -2.55. The van der Waals surface area contributed by atoms with Crippen molar-refractivity contribution in [1.82, 2.24) is 0 Å². The summed E-state index contributed by atoms with van der Waals surface area (Å²) in [4.78, 5) is 0. The molecule has 0 spiro atoms. The molecule has 4 aliphatic carbocycles. The van der Waals surface area contributed by atoms with Gasteiger partial charge in [-0.15, -0.1) is 6.42 Å². The number of fused-ring (bicyclic) bond motifs is 5. The summed E-state index contributed by atoms with van der Waals surface area (Å²) in [6.45, 7) is 4.71. The van der Waals surface area contributed by atoms with Gasteiger partial charge in [0.05, 0.1) is 5.76 Å². The van der Waals surface area contributed by atoms with E-state index in [0.29, 0.717) is 28.9 Å². The van der Waals surface area contributed by atoms with Crippen molar-refractivity contribution in [3.05, 3.63) is 11.8 Å². The first-order chi connectivity index (χ1) is 10.8. The first kappa shape index (κ1) is 15.6. The third-order valence-corrected chi connectivity index (χ3v) is 8.69. The van der Waals surface area contributed by atoms with E-state index in [1.807, 2.05) is 0 Å². The van der Waals surface area contributed by atoms with Crippen LogP contribution in [0.2, 0.25) is 0 Å². The SMILES string of the molecule is C#C[C@]1(O)CC[C@H]2[C@@H]3CCC4CC(O)=CC[C@]4(C)[C@H]3CC[C@@]21C. The summed E-state index contributed by atoms with van der Waals surface area (Å²) in [6.07, 6.45) is 16.3. The second kappa shape index (κ2) is 4.79. The Hall–Kier alpha value is -0.940. The summed E-state index contributed by atoms with van der Waals surface area (Å²) in [5.74, 6) is 5.99. The lowest BCUT2D eigenvalue weighted by molar-refractivity contribution is -0.127. The van der Waals surface area contributed by atoms with Gasteiger partial charge < -0.3 is 10.2 Å². The van der Waals surface area contributed by atoms with E-state index in [4.69, 9.17) is 6.42 Å². The average molecular weight is 314 g/mol.